The third kappa shape index (κ3) is 0.860. The minimum Gasteiger partial charge on any atom is -0.0746 e. The van der Waals surface area contributed by atoms with Crippen LogP contribution in [-0.2, 0) is 0 Å². The highest BCUT2D eigenvalue weighted by atomic mass is 28.2. The van der Waals surface area contributed by atoms with Gasteiger partial charge in [0.05, 0.1) is 0 Å². The van der Waals surface area contributed by atoms with E-state index in [0.717, 1.165) is 0 Å². The van der Waals surface area contributed by atoms with E-state index in [-0.39, 0.29) is 0 Å². The van der Waals surface area contributed by atoms with Gasteiger partial charge in [-0.2, -0.15) is 0 Å². The first kappa shape index (κ1) is 5.96. The Morgan fingerprint density at radius 2 is 2.11 bits per heavy atom. The van der Waals surface area contributed by atoms with Gasteiger partial charge in [0.1, 0.15) is 0 Å². The van der Waals surface area contributed by atoms with Gasteiger partial charge in [-0.05, 0) is 23.8 Å². The van der Waals surface area contributed by atoms with Crippen molar-refractivity contribution < 1.29 is 0 Å². The highest BCUT2D eigenvalue weighted by Crippen LogP contribution is 2.50. The van der Waals surface area contributed by atoms with Crippen LogP contribution in [-0.4, -0.2) is 9.52 Å². The Bertz CT molecular complexity index is 111. The van der Waals surface area contributed by atoms with Gasteiger partial charge >= 0.3 is 0 Å². The van der Waals surface area contributed by atoms with Crippen LogP contribution < -0.4 is 0 Å². The summed E-state index contributed by atoms with van der Waals surface area (Å²) in [6, 6.07) is 0. The lowest BCUT2D eigenvalue weighted by molar-refractivity contribution is 0.478. The molecule has 9 heavy (non-hydrogen) atoms. The van der Waals surface area contributed by atoms with Gasteiger partial charge in [-0.15, -0.1) is 0 Å². The van der Waals surface area contributed by atoms with E-state index in [9.17, 15) is 0 Å². The monoisotopic (exact) mass is 140 g/mol. The minimum absolute atomic E-state index is 0.362. The number of hydrogen-bond donors (Lipinski definition) is 0. The van der Waals surface area contributed by atoms with E-state index in [2.05, 4.69) is 6.55 Å². The van der Waals surface area contributed by atoms with Crippen LogP contribution in [0.3, 0.4) is 0 Å². The van der Waals surface area contributed by atoms with Gasteiger partial charge in [-0.25, -0.2) is 0 Å². The minimum atomic E-state index is 0.362. The first-order valence-corrected chi connectivity index (χ1v) is 6.63. The molecule has 0 amide bonds. The van der Waals surface area contributed by atoms with Crippen LogP contribution in [0.4, 0.5) is 0 Å². The van der Waals surface area contributed by atoms with Gasteiger partial charge in [-0.1, -0.05) is 25.8 Å². The van der Waals surface area contributed by atoms with Crippen LogP contribution in [0.5, 0.6) is 0 Å². The zero-order valence-electron chi connectivity index (χ0n) is 6.27. The van der Waals surface area contributed by atoms with Crippen molar-refractivity contribution in [3.05, 3.63) is 0 Å². The summed E-state index contributed by atoms with van der Waals surface area (Å²) in [5.74, 6) is 2.40. The van der Waals surface area contributed by atoms with E-state index in [1.54, 1.807) is 25.7 Å². The summed E-state index contributed by atoms with van der Waals surface area (Å²) in [6.45, 7) is 2.49. The van der Waals surface area contributed by atoms with E-state index in [1.165, 1.54) is 17.4 Å². The molecule has 0 aromatic carbocycles. The van der Waals surface area contributed by atoms with Crippen molar-refractivity contribution in [2.24, 2.45) is 11.8 Å². The second-order valence-electron chi connectivity index (χ2n) is 3.84. The molecule has 0 heterocycles. The maximum atomic E-state index is 2.49. The SMILES string of the molecule is C[SiH2]C1CC2CCC1C2. The van der Waals surface area contributed by atoms with Gasteiger partial charge in [0.15, 0.2) is 0 Å². The average molecular weight is 140 g/mol. The fraction of sp³-hybridized carbons (Fsp3) is 1.00. The van der Waals surface area contributed by atoms with Crippen molar-refractivity contribution in [3.63, 3.8) is 0 Å². The maximum absolute atomic E-state index is 2.49. The third-order valence-electron chi connectivity index (χ3n) is 3.41. The van der Waals surface area contributed by atoms with Crippen molar-refractivity contribution in [2.45, 2.75) is 37.8 Å². The van der Waals surface area contributed by atoms with E-state index in [0.29, 0.717) is 9.52 Å². The molecule has 0 nitrogen and oxygen atoms in total. The molecule has 52 valence electrons. The van der Waals surface area contributed by atoms with Crippen LogP contribution in [0, 0.1) is 11.8 Å². The maximum Gasteiger partial charge on any atom is 0.0204 e. The molecule has 2 fully saturated rings. The fourth-order valence-electron chi connectivity index (χ4n) is 2.88. The molecule has 2 aliphatic rings. The number of hydrogen-bond acceptors (Lipinski definition) is 0. The standard InChI is InChI=1S/C8H16Si/c1-9-8-5-6-2-3-7(8)4-6/h6-8H,2-5,9H2,1H3. The molecular formula is C8H16Si. The van der Waals surface area contributed by atoms with Crippen molar-refractivity contribution in [1.29, 1.82) is 0 Å². The number of fused-ring (bicyclic) bond motifs is 2. The largest absolute Gasteiger partial charge is 0.0746 e. The molecule has 2 rings (SSSR count). The van der Waals surface area contributed by atoms with E-state index >= 15 is 0 Å². The summed E-state index contributed by atoms with van der Waals surface area (Å²) < 4.78 is 0. The zero-order valence-corrected chi connectivity index (χ0v) is 7.68. The summed E-state index contributed by atoms with van der Waals surface area (Å²) in [7, 11) is 0.362. The van der Waals surface area contributed by atoms with Crippen LogP contribution in [0.25, 0.3) is 0 Å². The average Bonchev–Trinajstić information content (AvgIpc) is 2.45. The van der Waals surface area contributed by atoms with Gasteiger partial charge in [-0.3, -0.25) is 0 Å². The number of rotatable bonds is 1. The highest BCUT2D eigenvalue weighted by molar-refractivity contribution is 6.35. The van der Waals surface area contributed by atoms with Crippen molar-refractivity contribution in [3.8, 4) is 0 Å². The molecule has 0 aromatic heterocycles. The fourth-order valence-corrected chi connectivity index (χ4v) is 4.78. The predicted octanol–water partition coefficient (Wildman–Crippen LogP) is 1.81. The summed E-state index contributed by atoms with van der Waals surface area (Å²) >= 11 is 0. The summed E-state index contributed by atoms with van der Waals surface area (Å²) in [5.41, 5.74) is 1.27. The molecule has 0 aromatic rings. The summed E-state index contributed by atoms with van der Waals surface area (Å²) in [4.78, 5) is 0. The summed E-state index contributed by atoms with van der Waals surface area (Å²) in [6.07, 6.45) is 6.42. The molecule has 0 N–H and O–H groups in total. The first-order chi connectivity index (χ1) is 4.40. The molecule has 2 aliphatic carbocycles. The van der Waals surface area contributed by atoms with Gasteiger partial charge in [0.2, 0.25) is 0 Å². The van der Waals surface area contributed by atoms with Crippen LogP contribution in [0.15, 0.2) is 0 Å². The highest BCUT2D eigenvalue weighted by Gasteiger charge is 2.37. The Hall–Kier alpha value is 0.217. The molecule has 0 saturated heterocycles. The lowest BCUT2D eigenvalue weighted by Gasteiger charge is -2.18. The Labute approximate surface area is 59.9 Å². The quantitative estimate of drug-likeness (QED) is 0.487. The molecule has 2 saturated carbocycles. The van der Waals surface area contributed by atoms with E-state index < -0.39 is 0 Å². The molecule has 0 spiro atoms. The van der Waals surface area contributed by atoms with Crippen molar-refractivity contribution in [1.82, 2.24) is 0 Å². The first-order valence-electron chi connectivity index (χ1n) is 4.40. The molecule has 2 bridgehead atoms. The molecule has 3 unspecified atom stereocenters. The lowest BCUT2D eigenvalue weighted by atomic mass is 10.0. The topological polar surface area (TPSA) is 0 Å². The van der Waals surface area contributed by atoms with Gasteiger partial charge in [0, 0.05) is 9.52 Å². The smallest absolute Gasteiger partial charge is 0.0204 e. The second kappa shape index (κ2) is 2.12. The molecule has 0 aliphatic heterocycles. The third-order valence-corrected chi connectivity index (χ3v) is 5.46. The molecule has 0 radical (unpaired) electrons. The summed E-state index contributed by atoms with van der Waals surface area (Å²) in [5, 5.41) is 0. The Kier molecular flexibility index (Phi) is 1.40. The van der Waals surface area contributed by atoms with Crippen molar-refractivity contribution in [2.75, 3.05) is 0 Å². The van der Waals surface area contributed by atoms with Crippen LogP contribution in [0.1, 0.15) is 25.7 Å². The van der Waals surface area contributed by atoms with Gasteiger partial charge in [0.25, 0.3) is 0 Å². The molecule has 1 heteroatoms. The zero-order chi connectivity index (χ0) is 6.27. The molecular weight excluding hydrogens is 124 g/mol. The predicted molar refractivity (Wildman–Crippen MR) is 43.6 cm³/mol. The van der Waals surface area contributed by atoms with Gasteiger partial charge < -0.3 is 0 Å². The lowest BCUT2D eigenvalue weighted by Crippen LogP contribution is -2.08. The van der Waals surface area contributed by atoms with Crippen molar-refractivity contribution >= 4 is 9.52 Å². The second-order valence-corrected chi connectivity index (χ2v) is 5.71. The normalized spacial score (nSPS) is 49.7. The Morgan fingerprint density at radius 3 is 2.44 bits per heavy atom. The molecule has 3 atom stereocenters. The van der Waals surface area contributed by atoms with Crippen LogP contribution >= 0.6 is 0 Å². The van der Waals surface area contributed by atoms with E-state index in [4.69, 9.17) is 0 Å². The Morgan fingerprint density at radius 1 is 1.22 bits per heavy atom. The van der Waals surface area contributed by atoms with Crippen LogP contribution in [0.2, 0.25) is 12.1 Å². The Balaban J connectivity index is 2.01. The van der Waals surface area contributed by atoms with E-state index in [1.807, 2.05) is 0 Å².